The van der Waals surface area contributed by atoms with Gasteiger partial charge in [0.1, 0.15) is 5.82 Å². The minimum Gasteiger partial charge on any atom is -0.381 e. The van der Waals surface area contributed by atoms with Gasteiger partial charge in [-0.15, -0.1) is 0 Å². The van der Waals surface area contributed by atoms with Crippen LogP contribution in [0.2, 0.25) is 0 Å². The number of carbonyl (C=O) groups is 2. The molecule has 0 saturated carbocycles. The van der Waals surface area contributed by atoms with Crippen LogP contribution in [0.1, 0.15) is 40.2 Å². The molecule has 164 valence electrons. The summed E-state index contributed by atoms with van der Waals surface area (Å²) in [5.74, 6) is -0.462. The van der Waals surface area contributed by atoms with E-state index in [2.05, 4.69) is 34.7 Å². The van der Waals surface area contributed by atoms with Crippen LogP contribution < -0.4 is 16.0 Å². The SMILES string of the molecule is CCN(CC)CCNC(=O)C1=C(C)NC(/C=C(\C)c2cc(F)ccc2NC=O)C1C. The Kier molecular flexibility index (Phi) is 8.59. The van der Waals surface area contributed by atoms with Gasteiger partial charge in [-0.2, -0.15) is 0 Å². The number of nitrogens with zero attached hydrogens (tertiary/aromatic N) is 1. The first kappa shape index (κ1) is 23.6. The number of rotatable bonds is 10. The molecule has 2 amide bonds. The number of amides is 2. The quantitative estimate of drug-likeness (QED) is 0.513. The average molecular weight is 417 g/mol. The third kappa shape index (κ3) is 5.69. The van der Waals surface area contributed by atoms with Gasteiger partial charge in [-0.3, -0.25) is 9.59 Å². The number of halogens is 1. The molecule has 3 N–H and O–H groups in total. The molecule has 0 radical (unpaired) electrons. The zero-order chi connectivity index (χ0) is 22.3. The van der Waals surface area contributed by atoms with Crippen molar-refractivity contribution < 1.29 is 14.0 Å². The summed E-state index contributed by atoms with van der Waals surface area (Å²) in [5.41, 5.74) is 3.58. The molecule has 1 aromatic rings. The van der Waals surface area contributed by atoms with Crippen LogP contribution in [0.3, 0.4) is 0 Å². The smallest absolute Gasteiger partial charge is 0.249 e. The molecule has 1 aromatic carbocycles. The molecule has 0 aromatic heterocycles. The van der Waals surface area contributed by atoms with Gasteiger partial charge in [0.2, 0.25) is 12.3 Å². The number of carbonyl (C=O) groups excluding carboxylic acids is 2. The van der Waals surface area contributed by atoms with Crippen LogP contribution in [0, 0.1) is 11.7 Å². The second-order valence-electron chi connectivity index (χ2n) is 7.58. The molecular weight excluding hydrogens is 383 g/mol. The van der Waals surface area contributed by atoms with E-state index in [1.165, 1.54) is 12.1 Å². The van der Waals surface area contributed by atoms with Crippen molar-refractivity contribution in [3.8, 4) is 0 Å². The van der Waals surface area contributed by atoms with Gasteiger partial charge in [-0.05, 0) is 50.7 Å². The minimum absolute atomic E-state index is 0.0376. The molecule has 0 spiro atoms. The fourth-order valence-electron chi connectivity index (χ4n) is 3.89. The van der Waals surface area contributed by atoms with Gasteiger partial charge in [0.25, 0.3) is 0 Å². The number of benzene rings is 1. The lowest BCUT2D eigenvalue weighted by molar-refractivity contribution is -0.118. The maximum absolute atomic E-state index is 13.8. The van der Waals surface area contributed by atoms with Gasteiger partial charge in [0.05, 0.1) is 6.04 Å². The summed E-state index contributed by atoms with van der Waals surface area (Å²) in [6.07, 6.45) is 2.56. The first-order valence-electron chi connectivity index (χ1n) is 10.5. The molecule has 0 aliphatic carbocycles. The summed E-state index contributed by atoms with van der Waals surface area (Å²) in [7, 11) is 0. The maximum atomic E-state index is 13.8. The zero-order valence-electron chi connectivity index (χ0n) is 18.5. The van der Waals surface area contributed by atoms with Crippen LogP contribution in [0.4, 0.5) is 10.1 Å². The number of anilines is 1. The van der Waals surface area contributed by atoms with Crippen molar-refractivity contribution in [1.29, 1.82) is 0 Å². The van der Waals surface area contributed by atoms with Gasteiger partial charge in [0, 0.05) is 41.5 Å². The number of allylic oxidation sites excluding steroid dienone is 2. The summed E-state index contributed by atoms with van der Waals surface area (Å²) in [6.45, 7) is 13.3. The van der Waals surface area contributed by atoms with Crippen molar-refractivity contribution in [3.63, 3.8) is 0 Å². The lowest BCUT2D eigenvalue weighted by Gasteiger charge is -2.19. The lowest BCUT2D eigenvalue weighted by atomic mass is 9.92. The monoisotopic (exact) mass is 416 g/mol. The molecule has 7 heteroatoms. The molecule has 2 rings (SSSR count). The summed E-state index contributed by atoms with van der Waals surface area (Å²) < 4.78 is 13.8. The van der Waals surface area contributed by atoms with E-state index in [4.69, 9.17) is 0 Å². The summed E-state index contributed by atoms with van der Waals surface area (Å²) in [5, 5.41) is 9.01. The highest BCUT2D eigenvalue weighted by Crippen LogP contribution is 2.30. The second-order valence-corrected chi connectivity index (χ2v) is 7.58. The topological polar surface area (TPSA) is 73.5 Å². The van der Waals surface area contributed by atoms with E-state index in [1.807, 2.05) is 26.8 Å². The Morgan fingerprint density at radius 1 is 1.30 bits per heavy atom. The van der Waals surface area contributed by atoms with Gasteiger partial charge in [0.15, 0.2) is 0 Å². The van der Waals surface area contributed by atoms with Crippen molar-refractivity contribution in [1.82, 2.24) is 15.5 Å². The van der Waals surface area contributed by atoms with E-state index >= 15 is 0 Å². The molecule has 0 fully saturated rings. The zero-order valence-corrected chi connectivity index (χ0v) is 18.5. The molecule has 6 nitrogen and oxygen atoms in total. The predicted octanol–water partition coefficient (Wildman–Crippen LogP) is 3.14. The van der Waals surface area contributed by atoms with Gasteiger partial charge >= 0.3 is 0 Å². The largest absolute Gasteiger partial charge is 0.381 e. The molecule has 30 heavy (non-hydrogen) atoms. The van der Waals surface area contributed by atoms with Crippen molar-refractivity contribution in [3.05, 3.63) is 46.9 Å². The Hall–Kier alpha value is -2.67. The maximum Gasteiger partial charge on any atom is 0.249 e. The molecule has 2 atom stereocenters. The minimum atomic E-state index is -0.371. The van der Waals surface area contributed by atoms with E-state index in [9.17, 15) is 14.0 Å². The normalized spacial score (nSPS) is 19.1. The number of nitrogens with one attached hydrogen (secondary N) is 3. The van der Waals surface area contributed by atoms with Crippen LogP contribution in [-0.4, -0.2) is 49.4 Å². The third-order valence-electron chi connectivity index (χ3n) is 5.68. The van der Waals surface area contributed by atoms with Gasteiger partial charge < -0.3 is 20.9 Å². The molecular formula is C23H33FN4O2. The van der Waals surface area contributed by atoms with E-state index in [0.29, 0.717) is 24.2 Å². The summed E-state index contributed by atoms with van der Waals surface area (Å²) >= 11 is 0. The summed E-state index contributed by atoms with van der Waals surface area (Å²) in [4.78, 5) is 25.9. The summed E-state index contributed by atoms with van der Waals surface area (Å²) in [6, 6.07) is 4.16. The highest BCUT2D eigenvalue weighted by molar-refractivity contribution is 5.95. The number of likely N-dealkylation sites (N-methyl/N-ethyl adjacent to an activating group) is 1. The average Bonchev–Trinajstić information content (AvgIpc) is 2.99. The van der Waals surface area contributed by atoms with Crippen molar-refractivity contribution in [2.24, 2.45) is 5.92 Å². The van der Waals surface area contributed by atoms with E-state index in [1.54, 1.807) is 6.07 Å². The molecule has 2 unspecified atom stereocenters. The Bertz CT molecular complexity index is 830. The van der Waals surface area contributed by atoms with Crippen LogP contribution in [0.5, 0.6) is 0 Å². The fourth-order valence-corrected chi connectivity index (χ4v) is 3.89. The van der Waals surface area contributed by atoms with Crippen LogP contribution >= 0.6 is 0 Å². The Morgan fingerprint density at radius 3 is 2.63 bits per heavy atom. The standard InChI is InChI=1S/C23H33FN4O2/c1-6-28(7-2)11-10-25-23(30)22-16(4)21(27-17(22)5)12-15(3)19-13-18(24)8-9-20(19)26-14-29/h8-9,12-14,16,21,27H,6-7,10-11H2,1-5H3,(H,25,30)(H,26,29)/b15-12+. The molecule has 1 heterocycles. The molecule has 1 aliphatic rings. The van der Waals surface area contributed by atoms with Crippen molar-refractivity contribution in [2.75, 3.05) is 31.5 Å². The number of hydrogen-bond donors (Lipinski definition) is 3. The third-order valence-corrected chi connectivity index (χ3v) is 5.68. The highest BCUT2D eigenvalue weighted by atomic mass is 19.1. The second kappa shape index (κ2) is 10.9. The Balaban J connectivity index is 2.11. The fraction of sp³-hybridized carbons (Fsp3) is 0.478. The van der Waals surface area contributed by atoms with E-state index in [-0.39, 0.29) is 23.7 Å². The first-order chi connectivity index (χ1) is 14.3. The molecule has 1 aliphatic heterocycles. The van der Waals surface area contributed by atoms with Crippen molar-refractivity contribution in [2.45, 2.75) is 40.7 Å². The lowest BCUT2D eigenvalue weighted by Crippen LogP contribution is -2.36. The predicted molar refractivity (Wildman–Crippen MR) is 119 cm³/mol. The van der Waals surface area contributed by atoms with Crippen LogP contribution in [0.15, 0.2) is 35.5 Å². The van der Waals surface area contributed by atoms with E-state index in [0.717, 1.165) is 36.5 Å². The Labute approximate surface area is 178 Å². The highest BCUT2D eigenvalue weighted by Gasteiger charge is 2.32. The number of hydrogen-bond acceptors (Lipinski definition) is 4. The van der Waals surface area contributed by atoms with Crippen LogP contribution in [-0.2, 0) is 9.59 Å². The van der Waals surface area contributed by atoms with E-state index < -0.39 is 0 Å². The molecule has 0 saturated heterocycles. The van der Waals surface area contributed by atoms with Gasteiger partial charge in [-0.1, -0.05) is 26.8 Å². The first-order valence-corrected chi connectivity index (χ1v) is 10.5. The van der Waals surface area contributed by atoms with Crippen LogP contribution in [0.25, 0.3) is 5.57 Å². The van der Waals surface area contributed by atoms with Crippen molar-refractivity contribution >= 4 is 23.6 Å². The Morgan fingerprint density at radius 2 is 2.00 bits per heavy atom. The van der Waals surface area contributed by atoms with Gasteiger partial charge in [-0.25, -0.2) is 4.39 Å². The molecule has 0 bridgehead atoms.